The molecule has 9 heteroatoms. The van der Waals surface area contributed by atoms with Gasteiger partial charge in [0.2, 0.25) is 0 Å². The number of nitrogens with two attached hydrogens (primary N) is 1. The van der Waals surface area contributed by atoms with Gasteiger partial charge in [0.1, 0.15) is 0 Å². The standard InChI is InChI=1S/C17H14ClNO3.C10H11NO2.CH4.CH3.HI/c18-13-7-2-1-5-11(13)16(20)19-14-9-8-10-4-3-6-12(15(10)14)17(21)22;11-8-5-4-6-2-1-3-7(9(6)8)10(12)13;;;/h1-7,14H,8-9H2,(H,19,20)(H,21,22);1-3,8H,4-5,11H2,(H,12,13);1H4;1H3;1H/q;;;-1;/t14-;8-;;;/m00.../s1. The van der Waals surface area contributed by atoms with E-state index in [-0.39, 0.29) is 62.4 Å². The molecule has 5 rings (SSSR count). The maximum Gasteiger partial charge on any atom is 0.336 e. The predicted octanol–water partition coefficient (Wildman–Crippen LogP) is 6.49. The second-order valence-electron chi connectivity index (χ2n) is 8.56. The van der Waals surface area contributed by atoms with Gasteiger partial charge in [-0.1, -0.05) is 55.4 Å². The third-order valence-electron chi connectivity index (χ3n) is 6.42. The predicted molar refractivity (Wildman–Crippen MR) is 161 cm³/mol. The largest absolute Gasteiger partial charge is 0.478 e. The number of carbonyl (C=O) groups is 3. The van der Waals surface area contributed by atoms with Crippen LogP contribution in [0.15, 0.2) is 60.7 Å². The summed E-state index contributed by atoms with van der Waals surface area (Å²) in [6, 6.07) is 17.0. The van der Waals surface area contributed by atoms with Crippen molar-refractivity contribution in [3.05, 3.63) is 112 Å². The first-order valence-corrected chi connectivity index (χ1v) is 11.7. The Hall–Kier alpha value is -2.95. The molecular formula is C29H33ClIN2O5-. The van der Waals surface area contributed by atoms with Crippen molar-refractivity contribution in [1.29, 1.82) is 0 Å². The number of carboxylic acids is 2. The lowest BCUT2D eigenvalue weighted by Gasteiger charge is -2.16. The van der Waals surface area contributed by atoms with Crippen molar-refractivity contribution < 1.29 is 24.6 Å². The van der Waals surface area contributed by atoms with Crippen molar-refractivity contribution in [2.75, 3.05) is 0 Å². The highest BCUT2D eigenvalue weighted by atomic mass is 127. The zero-order chi connectivity index (χ0) is 25.1. The lowest BCUT2D eigenvalue weighted by molar-refractivity contribution is 0.0684. The summed E-state index contributed by atoms with van der Waals surface area (Å²) in [5, 5.41) is 21.5. The molecule has 2 aliphatic rings. The molecule has 0 fully saturated rings. The summed E-state index contributed by atoms with van der Waals surface area (Å²) in [6.45, 7) is 0. The number of carbonyl (C=O) groups excluding carboxylic acids is 1. The Morgan fingerprint density at radius 1 is 0.789 bits per heavy atom. The molecule has 0 aliphatic heterocycles. The van der Waals surface area contributed by atoms with E-state index in [1.807, 2.05) is 12.1 Å². The van der Waals surface area contributed by atoms with Gasteiger partial charge >= 0.3 is 11.9 Å². The molecule has 0 spiro atoms. The minimum absolute atomic E-state index is 0. The number of rotatable bonds is 4. The highest BCUT2D eigenvalue weighted by molar-refractivity contribution is 14.0. The third kappa shape index (κ3) is 6.92. The van der Waals surface area contributed by atoms with Crippen LogP contribution < -0.4 is 11.1 Å². The second-order valence-corrected chi connectivity index (χ2v) is 8.96. The van der Waals surface area contributed by atoms with Gasteiger partial charge in [-0.15, -0.1) is 24.0 Å². The molecule has 3 aromatic rings. The van der Waals surface area contributed by atoms with Gasteiger partial charge in [0, 0.05) is 6.04 Å². The van der Waals surface area contributed by atoms with Gasteiger partial charge in [-0.3, -0.25) is 4.79 Å². The summed E-state index contributed by atoms with van der Waals surface area (Å²) >= 11 is 6.03. The van der Waals surface area contributed by atoms with E-state index in [1.165, 1.54) is 0 Å². The van der Waals surface area contributed by atoms with Crippen LogP contribution in [0.4, 0.5) is 0 Å². The Morgan fingerprint density at radius 3 is 1.87 bits per heavy atom. The molecule has 0 aromatic heterocycles. The van der Waals surface area contributed by atoms with Crippen molar-refractivity contribution in [1.82, 2.24) is 5.32 Å². The number of aromatic carboxylic acids is 2. The first-order valence-electron chi connectivity index (χ1n) is 11.3. The van der Waals surface area contributed by atoms with Crippen LogP contribution >= 0.6 is 35.6 Å². The summed E-state index contributed by atoms with van der Waals surface area (Å²) in [6.07, 6.45) is 3.21. The van der Waals surface area contributed by atoms with Gasteiger partial charge < -0.3 is 28.7 Å². The summed E-state index contributed by atoms with van der Waals surface area (Å²) in [4.78, 5) is 34.6. The van der Waals surface area contributed by atoms with Gasteiger partial charge in [-0.2, -0.15) is 0 Å². The summed E-state index contributed by atoms with van der Waals surface area (Å²) in [5.41, 5.74) is 10.4. The highest BCUT2D eigenvalue weighted by Crippen LogP contribution is 2.34. The number of fused-ring (bicyclic) bond motifs is 2. The average Bonchev–Trinajstić information content (AvgIpc) is 3.43. The Bertz CT molecular complexity index is 1310. The Morgan fingerprint density at radius 2 is 1.29 bits per heavy atom. The summed E-state index contributed by atoms with van der Waals surface area (Å²) in [7, 11) is 0. The van der Waals surface area contributed by atoms with E-state index in [1.54, 1.807) is 48.5 Å². The van der Waals surface area contributed by atoms with Crippen molar-refractivity contribution in [3.8, 4) is 0 Å². The lowest BCUT2D eigenvalue weighted by atomic mass is 10.0. The number of nitrogens with one attached hydrogen (secondary N) is 1. The molecule has 0 bridgehead atoms. The molecule has 0 heterocycles. The quantitative estimate of drug-likeness (QED) is 0.189. The lowest BCUT2D eigenvalue weighted by Crippen LogP contribution is -2.28. The molecule has 3 aromatic carbocycles. The van der Waals surface area contributed by atoms with Gasteiger partial charge in [0.15, 0.2) is 0 Å². The third-order valence-corrected chi connectivity index (χ3v) is 6.75. The van der Waals surface area contributed by atoms with E-state index in [0.29, 0.717) is 28.1 Å². The molecule has 5 N–H and O–H groups in total. The number of amides is 1. The molecule has 2 atom stereocenters. The number of hydrogen-bond acceptors (Lipinski definition) is 4. The maximum absolute atomic E-state index is 12.4. The number of carboxylic acid groups (broad SMARTS) is 2. The fourth-order valence-corrected chi connectivity index (χ4v) is 5.03. The fourth-order valence-electron chi connectivity index (χ4n) is 4.81. The molecule has 7 nitrogen and oxygen atoms in total. The monoisotopic (exact) mass is 651 g/mol. The first kappa shape index (κ1) is 33.1. The summed E-state index contributed by atoms with van der Waals surface area (Å²) in [5.74, 6) is -2.14. The molecule has 38 heavy (non-hydrogen) atoms. The number of hydrogen-bond donors (Lipinski definition) is 4. The maximum atomic E-state index is 12.4. The van der Waals surface area contributed by atoms with E-state index in [2.05, 4.69) is 5.32 Å². The molecular weight excluding hydrogens is 619 g/mol. The van der Waals surface area contributed by atoms with Crippen molar-refractivity contribution in [2.45, 2.75) is 45.2 Å². The van der Waals surface area contributed by atoms with Crippen LogP contribution in [-0.2, 0) is 12.8 Å². The number of halogens is 2. The molecule has 0 radical (unpaired) electrons. The molecule has 0 saturated carbocycles. The highest BCUT2D eigenvalue weighted by Gasteiger charge is 2.29. The van der Waals surface area contributed by atoms with Crippen LogP contribution in [0.1, 0.15) is 85.7 Å². The van der Waals surface area contributed by atoms with Crippen LogP contribution in [-0.4, -0.2) is 28.1 Å². The van der Waals surface area contributed by atoms with E-state index >= 15 is 0 Å². The van der Waals surface area contributed by atoms with Gasteiger partial charge in [0.25, 0.3) is 5.91 Å². The van der Waals surface area contributed by atoms with E-state index in [9.17, 15) is 19.5 Å². The fraction of sp³-hybridized carbons (Fsp3) is 0.241. The van der Waals surface area contributed by atoms with Crippen LogP contribution in [0.2, 0.25) is 5.02 Å². The Balaban J connectivity index is 0.000000391. The Labute approximate surface area is 245 Å². The number of benzene rings is 3. The van der Waals surface area contributed by atoms with Gasteiger partial charge in [-0.05, 0) is 72.2 Å². The smallest absolute Gasteiger partial charge is 0.336 e. The SMILES string of the molecule is C.I.N[C@H]1CCc2cccc(C(=O)O)c21.O=C(N[C@H]1CCc2cccc(C(=O)O)c21)c1ccccc1Cl.[CH3-]. The van der Waals surface area contributed by atoms with E-state index in [4.69, 9.17) is 22.4 Å². The van der Waals surface area contributed by atoms with Crippen molar-refractivity contribution in [3.63, 3.8) is 0 Å². The zero-order valence-corrected chi connectivity index (χ0v) is 23.3. The Kier molecular flexibility index (Phi) is 12.4. The van der Waals surface area contributed by atoms with Gasteiger partial charge in [0.05, 0.1) is 27.8 Å². The van der Waals surface area contributed by atoms with Gasteiger partial charge in [-0.25, -0.2) is 9.59 Å². The topological polar surface area (TPSA) is 130 Å². The molecule has 204 valence electrons. The number of aryl methyl sites for hydroxylation is 2. The summed E-state index contributed by atoms with van der Waals surface area (Å²) < 4.78 is 0. The van der Waals surface area contributed by atoms with Crippen LogP contribution in [0.25, 0.3) is 0 Å². The minimum Gasteiger partial charge on any atom is -0.478 e. The van der Waals surface area contributed by atoms with E-state index in [0.717, 1.165) is 36.0 Å². The van der Waals surface area contributed by atoms with E-state index < -0.39 is 11.9 Å². The second kappa shape index (κ2) is 14.3. The normalized spacial score (nSPS) is 16.2. The first-order chi connectivity index (χ1) is 16.8. The molecule has 0 saturated heterocycles. The molecule has 0 unspecified atom stereocenters. The van der Waals surface area contributed by atoms with Crippen LogP contribution in [0.3, 0.4) is 0 Å². The minimum atomic E-state index is -0.976. The average molecular weight is 652 g/mol. The van der Waals surface area contributed by atoms with Crippen LogP contribution in [0.5, 0.6) is 0 Å². The zero-order valence-electron chi connectivity index (χ0n) is 20.2. The van der Waals surface area contributed by atoms with Crippen molar-refractivity contribution >= 4 is 53.4 Å². The van der Waals surface area contributed by atoms with Crippen LogP contribution in [0, 0.1) is 7.43 Å². The molecule has 2 aliphatic carbocycles. The molecule has 1 amide bonds. The van der Waals surface area contributed by atoms with Crippen molar-refractivity contribution in [2.24, 2.45) is 5.73 Å².